The SMILES string of the molecule is CCCCC(C)C1CC(=O)N[C@@H](Cc2ccccc2)C(=O)N[C@@H](Cc2ccccc2)C(=O)N[C@H]([C@H](C)CC)C(=O)O1. The molecule has 0 aliphatic carbocycles. The number of esters is 1. The monoisotopic (exact) mass is 563 g/mol. The van der Waals surface area contributed by atoms with E-state index in [-0.39, 0.29) is 37.0 Å². The van der Waals surface area contributed by atoms with Gasteiger partial charge in [0.15, 0.2) is 0 Å². The van der Waals surface area contributed by atoms with Gasteiger partial charge in [0, 0.05) is 12.8 Å². The second-order valence-corrected chi connectivity index (χ2v) is 11.2. The molecular weight excluding hydrogens is 518 g/mol. The highest BCUT2D eigenvalue weighted by molar-refractivity contribution is 5.94. The lowest BCUT2D eigenvalue weighted by Crippen LogP contribution is -2.57. The number of benzene rings is 2. The van der Waals surface area contributed by atoms with Crippen LogP contribution in [0.25, 0.3) is 0 Å². The zero-order valence-corrected chi connectivity index (χ0v) is 24.7. The molecule has 2 aromatic carbocycles. The van der Waals surface area contributed by atoms with E-state index < -0.39 is 42.0 Å². The Kier molecular flexibility index (Phi) is 12.4. The summed E-state index contributed by atoms with van der Waals surface area (Å²) in [6, 6.07) is 16.0. The average Bonchev–Trinajstić information content (AvgIpc) is 2.98. The molecule has 3 N–H and O–H groups in total. The molecule has 8 nitrogen and oxygen atoms in total. The van der Waals surface area contributed by atoms with Crippen molar-refractivity contribution >= 4 is 23.7 Å². The molecule has 1 fully saturated rings. The van der Waals surface area contributed by atoms with Crippen LogP contribution in [-0.2, 0) is 36.8 Å². The number of nitrogens with one attached hydrogen (secondary N) is 3. The van der Waals surface area contributed by atoms with E-state index in [1.54, 1.807) is 0 Å². The predicted molar refractivity (Wildman–Crippen MR) is 159 cm³/mol. The minimum Gasteiger partial charge on any atom is -0.460 e. The zero-order valence-electron chi connectivity index (χ0n) is 24.7. The Morgan fingerprint density at radius 1 is 0.756 bits per heavy atom. The van der Waals surface area contributed by atoms with Crippen LogP contribution in [0.5, 0.6) is 0 Å². The zero-order chi connectivity index (χ0) is 29.8. The maximum Gasteiger partial charge on any atom is 0.329 e. The van der Waals surface area contributed by atoms with Crippen LogP contribution in [0.15, 0.2) is 60.7 Å². The minimum absolute atomic E-state index is 0.0657. The van der Waals surface area contributed by atoms with Gasteiger partial charge < -0.3 is 20.7 Å². The number of carbonyl (C=O) groups excluding carboxylic acids is 4. The molecule has 222 valence electrons. The smallest absolute Gasteiger partial charge is 0.329 e. The first-order valence-corrected chi connectivity index (χ1v) is 14.9. The molecule has 6 atom stereocenters. The summed E-state index contributed by atoms with van der Waals surface area (Å²) < 4.78 is 5.99. The number of hydrogen-bond donors (Lipinski definition) is 3. The molecule has 0 spiro atoms. The van der Waals surface area contributed by atoms with E-state index in [0.29, 0.717) is 6.42 Å². The second-order valence-electron chi connectivity index (χ2n) is 11.2. The van der Waals surface area contributed by atoms with E-state index in [2.05, 4.69) is 22.9 Å². The maximum absolute atomic E-state index is 13.7. The summed E-state index contributed by atoms with van der Waals surface area (Å²) in [6.07, 6.45) is 3.06. The Bertz CT molecular complexity index is 1140. The fraction of sp³-hybridized carbons (Fsp3) is 0.515. The van der Waals surface area contributed by atoms with Gasteiger partial charge in [0.1, 0.15) is 24.2 Å². The van der Waals surface area contributed by atoms with Gasteiger partial charge in [0.2, 0.25) is 17.7 Å². The standard InChI is InChI=1S/C33H45N3O5/c1-5-7-14-23(4)28-21-29(37)34-26(19-24-15-10-8-11-16-24)31(38)35-27(20-25-17-12-9-13-18-25)32(39)36-30(22(3)6-2)33(40)41-28/h8-13,15-18,22-23,26-28,30H,5-7,14,19-21H2,1-4H3,(H,34,37)(H,35,38)(H,36,39)/t22-,23?,26+,27+,28?,30-/m1/s1. The second kappa shape index (κ2) is 15.9. The van der Waals surface area contributed by atoms with E-state index in [4.69, 9.17) is 4.74 Å². The van der Waals surface area contributed by atoms with Crippen molar-refractivity contribution in [3.63, 3.8) is 0 Å². The van der Waals surface area contributed by atoms with Gasteiger partial charge in [-0.15, -0.1) is 0 Å². The van der Waals surface area contributed by atoms with E-state index in [1.165, 1.54) is 0 Å². The number of hydrogen-bond acceptors (Lipinski definition) is 5. The van der Waals surface area contributed by atoms with Crippen molar-refractivity contribution in [3.05, 3.63) is 71.8 Å². The van der Waals surface area contributed by atoms with Gasteiger partial charge in [0.25, 0.3) is 0 Å². The number of ether oxygens (including phenoxy) is 1. The van der Waals surface area contributed by atoms with Crippen LogP contribution in [0, 0.1) is 11.8 Å². The maximum atomic E-state index is 13.7. The minimum atomic E-state index is -0.959. The molecule has 3 amide bonds. The van der Waals surface area contributed by atoms with E-state index >= 15 is 0 Å². The molecule has 0 saturated carbocycles. The van der Waals surface area contributed by atoms with Gasteiger partial charge in [-0.05, 0) is 29.4 Å². The third kappa shape index (κ3) is 9.73. The lowest BCUT2D eigenvalue weighted by Gasteiger charge is -2.29. The number of amides is 3. The fourth-order valence-electron chi connectivity index (χ4n) is 5.04. The van der Waals surface area contributed by atoms with Crippen LogP contribution in [0.4, 0.5) is 0 Å². The van der Waals surface area contributed by atoms with Crippen LogP contribution in [0.2, 0.25) is 0 Å². The summed E-state index contributed by atoms with van der Waals surface area (Å²) in [5.41, 5.74) is 1.73. The normalized spacial score (nSPS) is 23.9. The van der Waals surface area contributed by atoms with Gasteiger partial charge in [-0.3, -0.25) is 14.4 Å². The molecule has 3 rings (SSSR count). The molecule has 0 radical (unpaired) electrons. The number of rotatable bonds is 10. The first-order chi connectivity index (χ1) is 19.7. The topological polar surface area (TPSA) is 114 Å². The van der Waals surface area contributed by atoms with Gasteiger partial charge >= 0.3 is 5.97 Å². The first kappa shape index (κ1) is 31.8. The van der Waals surface area contributed by atoms with Crippen molar-refractivity contribution in [2.24, 2.45) is 11.8 Å². The Morgan fingerprint density at radius 2 is 1.29 bits per heavy atom. The van der Waals surface area contributed by atoms with Crippen molar-refractivity contribution in [1.82, 2.24) is 16.0 Å². The number of cyclic esters (lactones) is 1. The lowest BCUT2D eigenvalue weighted by atomic mass is 9.94. The van der Waals surface area contributed by atoms with E-state index in [1.807, 2.05) is 81.4 Å². The van der Waals surface area contributed by atoms with Crippen LogP contribution < -0.4 is 16.0 Å². The highest BCUT2D eigenvalue weighted by Crippen LogP contribution is 2.21. The van der Waals surface area contributed by atoms with Gasteiger partial charge in [0.05, 0.1) is 6.42 Å². The Hall–Kier alpha value is -3.68. The molecule has 0 bridgehead atoms. The van der Waals surface area contributed by atoms with E-state index in [0.717, 1.165) is 30.4 Å². The van der Waals surface area contributed by atoms with Crippen molar-refractivity contribution < 1.29 is 23.9 Å². The molecule has 1 saturated heterocycles. The molecule has 1 aliphatic rings. The molecule has 8 heteroatoms. The molecule has 0 aromatic heterocycles. The molecule has 41 heavy (non-hydrogen) atoms. The van der Waals surface area contributed by atoms with Crippen molar-refractivity contribution in [3.8, 4) is 0 Å². The highest BCUT2D eigenvalue weighted by Gasteiger charge is 2.36. The van der Waals surface area contributed by atoms with E-state index in [9.17, 15) is 19.2 Å². The Morgan fingerprint density at radius 3 is 1.83 bits per heavy atom. The number of carbonyl (C=O) groups is 4. The van der Waals surface area contributed by atoms with Crippen LogP contribution in [-0.4, -0.2) is 47.9 Å². The third-order valence-corrected chi connectivity index (χ3v) is 7.92. The molecule has 1 heterocycles. The van der Waals surface area contributed by atoms with Crippen molar-refractivity contribution in [2.75, 3.05) is 0 Å². The Labute approximate surface area is 244 Å². The molecule has 2 aromatic rings. The van der Waals surface area contributed by atoms with Crippen LogP contribution in [0.1, 0.15) is 70.9 Å². The third-order valence-electron chi connectivity index (χ3n) is 7.92. The molecular formula is C33H45N3O5. The molecule has 2 unspecified atom stereocenters. The van der Waals surface area contributed by atoms with Crippen molar-refractivity contribution in [2.45, 2.75) is 96.9 Å². The fourth-order valence-corrected chi connectivity index (χ4v) is 5.04. The summed E-state index contributed by atoms with van der Waals surface area (Å²) >= 11 is 0. The lowest BCUT2D eigenvalue weighted by molar-refractivity contribution is -0.158. The quantitative estimate of drug-likeness (QED) is 0.377. The summed E-state index contributed by atoms with van der Waals surface area (Å²) in [5, 5.41) is 8.65. The molecule has 1 aliphatic heterocycles. The summed E-state index contributed by atoms with van der Waals surface area (Å²) in [4.78, 5) is 54.3. The predicted octanol–water partition coefficient (Wildman–Crippen LogP) is 4.11. The Balaban J connectivity index is 1.99. The van der Waals surface area contributed by atoms with Crippen LogP contribution in [0.3, 0.4) is 0 Å². The average molecular weight is 564 g/mol. The van der Waals surface area contributed by atoms with Gasteiger partial charge in [-0.1, -0.05) is 108 Å². The summed E-state index contributed by atoms with van der Waals surface area (Å²) in [5.74, 6) is -2.14. The summed E-state index contributed by atoms with van der Waals surface area (Å²) in [7, 11) is 0. The summed E-state index contributed by atoms with van der Waals surface area (Å²) in [6.45, 7) is 7.88. The highest BCUT2D eigenvalue weighted by atomic mass is 16.5. The first-order valence-electron chi connectivity index (χ1n) is 14.9. The van der Waals surface area contributed by atoms with Gasteiger partial charge in [-0.2, -0.15) is 0 Å². The largest absolute Gasteiger partial charge is 0.460 e. The van der Waals surface area contributed by atoms with Crippen LogP contribution >= 0.6 is 0 Å². The van der Waals surface area contributed by atoms with Gasteiger partial charge in [-0.25, -0.2) is 4.79 Å². The number of unbranched alkanes of at least 4 members (excludes halogenated alkanes) is 1. The van der Waals surface area contributed by atoms with Crippen molar-refractivity contribution in [1.29, 1.82) is 0 Å².